The van der Waals surface area contributed by atoms with Crippen molar-refractivity contribution >= 4 is 29.1 Å². The molecule has 0 aliphatic rings. The standard InChI is InChI=1S/C10H9ClFN3S/c11-9-10(15-16-14-9)13-6-5-7-1-3-8(12)4-2-7/h1-4H,5-6H2,(H,13,15). The maximum Gasteiger partial charge on any atom is 0.186 e. The minimum Gasteiger partial charge on any atom is -0.366 e. The van der Waals surface area contributed by atoms with Crippen molar-refractivity contribution in [3.8, 4) is 0 Å². The molecule has 3 nitrogen and oxygen atoms in total. The molecule has 0 bridgehead atoms. The molecule has 0 aliphatic heterocycles. The minimum absolute atomic E-state index is 0.219. The Kier molecular flexibility index (Phi) is 3.69. The third kappa shape index (κ3) is 2.90. The smallest absolute Gasteiger partial charge is 0.186 e. The van der Waals surface area contributed by atoms with Crippen LogP contribution in [0.4, 0.5) is 10.2 Å². The summed E-state index contributed by atoms with van der Waals surface area (Å²) in [4.78, 5) is 0. The summed E-state index contributed by atoms with van der Waals surface area (Å²) in [5, 5.41) is 3.46. The van der Waals surface area contributed by atoms with Gasteiger partial charge in [0.15, 0.2) is 11.0 Å². The highest BCUT2D eigenvalue weighted by atomic mass is 35.5. The van der Waals surface area contributed by atoms with Crippen LogP contribution in [0.2, 0.25) is 5.15 Å². The first-order valence-electron chi connectivity index (χ1n) is 4.72. The fraction of sp³-hybridized carbons (Fsp3) is 0.200. The lowest BCUT2D eigenvalue weighted by Crippen LogP contribution is -2.05. The second-order valence-corrected chi connectivity index (χ2v) is 4.09. The summed E-state index contributed by atoms with van der Waals surface area (Å²) in [6, 6.07) is 6.43. The molecule has 0 aliphatic carbocycles. The van der Waals surface area contributed by atoms with Crippen LogP contribution in [0, 0.1) is 5.82 Å². The zero-order valence-electron chi connectivity index (χ0n) is 8.28. The highest BCUT2D eigenvalue weighted by Gasteiger charge is 2.03. The second kappa shape index (κ2) is 5.23. The monoisotopic (exact) mass is 257 g/mol. The number of nitrogens with zero attached hydrogens (tertiary/aromatic N) is 2. The van der Waals surface area contributed by atoms with Gasteiger partial charge in [-0.15, -0.1) is 0 Å². The van der Waals surface area contributed by atoms with Gasteiger partial charge >= 0.3 is 0 Å². The predicted octanol–water partition coefficient (Wildman–Crippen LogP) is 2.99. The van der Waals surface area contributed by atoms with Gasteiger partial charge in [0.25, 0.3) is 0 Å². The van der Waals surface area contributed by atoms with Crippen LogP contribution in [0.1, 0.15) is 5.56 Å². The SMILES string of the molecule is Fc1ccc(CCNc2nsnc2Cl)cc1. The first kappa shape index (κ1) is 11.3. The molecule has 2 aromatic rings. The average Bonchev–Trinajstić information content (AvgIpc) is 2.68. The van der Waals surface area contributed by atoms with Gasteiger partial charge in [-0.1, -0.05) is 23.7 Å². The van der Waals surface area contributed by atoms with Crippen molar-refractivity contribution in [2.75, 3.05) is 11.9 Å². The van der Waals surface area contributed by atoms with Crippen molar-refractivity contribution in [2.24, 2.45) is 0 Å². The first-order chi connectivity index (χ1) is 7.75. The molecule has 0 atom stereocenters. The lowest BCUT2D eigenvalue weighted by molar-refractivity contribution is 0.627. The lowest BCUT2D eigenvalue weighted by atomic mass is 10.1. The Bertz CT molecular complexity index is 457. The van der Waals surface area contributed by atoms with E-state index in [0.29, 0.717) is 17.5 Å². The highest BCUT2D eigenvalue weighted by molar-refractivity contribution is 6.99. The number of rotatable bonds is 4. The molecule has 0 radical (unpaired) electrons. The zero-order valence-corrected chi connectivity index (χ0v) is 9.85. The van der Waals surface area contributed by atoms with E-state index in [1.807, 2.05) is 0 Å². The van der Waals surface area contributed by atoms with Crippen LogP contribution in [0.5, 0.6) is 0 Å². The van der Waals surface area contributed by atoms with Gasteiger partial charge in [-0.25, -0.2) is 4.39 Å². The minimum atomic E-state index is -0.219. The normalized spacial score (nSPS) is 10.4. The average molecular weight is 258 g/mol. The van der Waals surface area contributed by atoms with Crippen LogP contribution >= 0.6 is 23.3 Å². The Hall–Kier alpha value is -1.20. The van der Waals surface area contributed by atoms with Crippen molar-refractivity contribution in [3.63, 3.8) is 0 Å². The molecule has 0 saturated carbocycles. The molecule has 0 amide bonds. The van der Waals surface area contributed by atoms with Crippen molar-refractivity contribution < 1.29 is 4.39 Å². The fourth-order valence-corrected chi connectivity index (χ4v) is 1.94. The van der Waals surface area contributed by atoms with Gasteiger partial charge in [0.05, 0.1) is 11.7 Å². The maximum absolute atomic E-state index is 12.6. The van der Waals surface area contributed by atoms with Crippen LogP contribution in [0.25, 0.3) is 0 Å². The molecule has 2 rings (SSSR count). The molecule has 16 heavy (non-hydrogen) atoms. The van der Waals surface area contributed by atoms with Crippen molar-refractivity contribution in [3.05, 3.63) is 40.8 Å². The number of hydrogen-bond donors (Lipinski definition) is 1. The van der Waals surface area contributed by atoms with E-state index in [2.05, 4.69) is 14.1 Å². The Balaban J connectivity index is 1.84. The third-order valence-corrected chi connectivity index (χ3v) is 2.96. The largest absolute Gasteiger partial charge is 0.366 e. The van der Waals surface area contributed by atoms with Gasteiger partial charge < -0.3 is 5.32 Å². The summed E-state index contributed by atoms with van der Waals surface area (Å²) in [5.74, 6) is 0.386. The maximum atomic E-state index is 12.6. The zero-order chi connectivity index (χ0) is 11.4. The Morgan fingerprint density at radius 2 is 2.00 bits per heavy atom. The van der Waals surface area contributed by atoms with Gasteiger partial charge in [-0.2, -0.15) is 8.75 Å². The van der Waals surface area contributed by atoms with E-state index in [0.717, 1.165) is 23.7 Å². The molecule has 0 spiro atoms. The van der Waals surface area contributed by atoms with Crippen molar-refractivity contribution in [1.82, 2.24) is 8.75 Å². The van der Waals surface area contributed by atoms with Crippen LogP contribution in [-0.2, 0) is 6.42 Å². The molecule has 1 aromatic heterocycles. The number of aromatic nitrogens is 2. The molecular weight excluding hydrogens is 249 g/mol. The molecule has 84 valence electrons. The summed E-state index contributed by atoms with van der Waals surface area (Å²) >= 11 is 6.84. The Labute approximate surface area is 102 Å². The van der Waals surface area contributed by atoms with E-state index in [1.165, 1.54) is 12.1 Å². The molecule has 6 heteroatoms. The van der Waals surface area contributed by atoms with E-state index < -0.39 is 0 Å². The molecule has 1 aromatic carbocycles. The highest BCUT2D eigenvalue weighted by Crippen LogP contribution is 2.17. The molecule has 0 fully saturated rings. The summed E-state index contributed by atoms with van der Waals surface area (Å²) in [6.07, 6.45) is 0.786. The predicted molar refractivity (Wildman–Crippen MR) is 63.5 cm³/mol. The number of benzene rings is 1. The van der Waals surface area contributed by atoms with E-state index in [4.69, 9.17) is 11.6 Å². The van der Waals surface area contributed by atoms with Gasteiger partial charge in [-0.05, 0) is 24.1 Å². The summed E-state index contributed by atoms with van der Waals surface area (Å²) < 4.78 is 20.5. The number of nitrogens with one attached hydrogen (secondary N) is 1. The second-order valence-electron chi connectivity index (χ2n) is 3.21. The van der Waals surface area contributed by atoms with Crippen molar-refractivity contribution in [2.45, 2.75) is 6.42 Å². The van der Waals surface area contributed by atoms with E-state index in [1.54, 1.807) is 12.1 Å². The van der Waals surface area contributed by atoms with Crippen LogP contribution in [0.15, 0.2) is 24.3 Å². The molecular formula is C10H9ClFN3S. The van der Waals surface area contributed by atoms with Gasteiger partial charge in [0, 0.05) is 6.54 Å². The van der Waals surface area contributed by atoms with Gasteiger partial charge in [-0.3, -0.25) is 0 Å². The first-order valence-corrected chi connectivity index (χ1v) is 5.83. The van der Waals surface area contributed by atoms with E-state index in [-0.39, 0.29) is 5.82 Å². The Morgan fingerprint density at radius 3 is 2.62 bits per heavy atom. The summed E-state index contributed by atoms with van der Waals surface area (Å²) in [5.41, 5.74) is 1.06. The number of anilines is 1. The van der Waals surface area contributed by atoms with E-state index >= 15 is 0 Å². The van der Waals surface area contributed by atoms with E-state index in [9.17, 15) is 4.39 Å². The molecule has 0 saturated heterocycles. The van der Waals surface area contributed by atoms with Crippen LogP contribution in [-0.4, -0.2) is 15.3 Å². The fourth-order valence-electron chi connectivity index (χ4n) is 1.26. The Morgan fingerprint density at radius 1 is 1.25 bits per heavy atom. The molecule has 1 N–H and O–H groups in total. The van der Waals surface area contributed by atoms with Crippen LogP contribution < -0.4 is 5.32 Å². The van der Waals surface area contributed by atoms with Crippen LogP contribution in [0.3, 0.4) is 0 Å². The number of halogens is 2. The summed E-state index contributed by atoms with van der Waals surface area (Å²) in [7, 11) is 0. The quantitative estimate of drug-likeness (QED) is 0.915. The number of hydrogen-bond acceptors (Lipinski definition) is 4. The molecule has 0 unspecified atom stereocenters. The van der Waals surface area contributed by atoms with Gasteiger partial charge in [0.1, 0.15) is 5.82 Å². The topological polar surface area (TPSA) is 37.8 Å². The third-order valence-electron chi connectivity index (χ3n) is 2.07. The molecule has 1 heterocycles. The summed E-state index contributed by atoms with van der Waals surface area (Å²) in [6.45, 7) is 0.691. The van der Waals surface area contributed by atoms with Crippen molar-refractivity contribution in [1.29, 1.82) is 0 Å². The van der Waals surface area contributed by atoms with Gasteiger partial charge in [0.2, 0.25) is 0 Å². The lowest BCUT2D eigenvalue weighted by Gasteiger charge is -2.03.